The second-order valence-corrected chi connectivity index (χ2v) is 6.38. The zero-order chi connectivity index (χ0) is 13.9. The molecule has 1 aromatic carbocycles. The highest BCUT2D eigenvalue weighted by atomic mass is 32.2. The van der Waals surface area contributed by atoms with Crippen molar-refractivity contribution >= 4 is 15.9 Å². The van der Waals surface area contributed by atoms with Gasteiger partial charge < -0.3 is 15.4 Å². The average Bonchev–Trinajstić information content (AvgIpc) is 2.82. The van der Waals surface area contributed by atoms with Crippen molar-refractivity contribution in [2.45, 2.75) is 11.4 Å². The normalized spacial score (nSPS) is 15.6. The molecule has 2 N–H and O–H groups in total. The largest absolute Gasteiger partial charge is 0.448 e. The van der Waals surface area contributed by atoms with Crippen molar-refractivity contribution in [1.82, 2.24) is 4.90 Å². The summed E-state index contributed by atoms with van der Waals surface area (Å²) in [6.07, 6.45) is -0.453. The molecule has 0 radical (unpaired) electrons. The Bertz CT molecular complexity index is 571. The van der Waals surface area contributed by atoms with E-state index in [0.717, 1.165) is 5.56 Å². The van der Waals surface area contributed by atoms with Crippen LogP contribution >= 0.6 is 0 Å². The molecule has 0 spiro atoms. The Kier molecular flexibility index (Phi) is 4.06. The molecule has 0 unspecified atom stereocenters. The molecule has 0 bridgehead atoms. The van der Waals surface area contributed by atoms with Crippen LogP contribution in [0.5, 0.6) is 0 Å². The number of sulfone groups is 1. The molecule has 1 heterocycles. The average molecular weight is 284 g/mol. The van der Waals surface area contributed by atoms with Crippen molar-refractivity contribution in [1.29, 1.82) is 0 Å². The van der Waals surface area contributed by atoms with Crippen molar-refractivity contribution in [2.24, 2.45) is 5.73 Å². The summed E-state index contributed by atoms with van der Waals surface area (Å²) in [7, 11) is -3.41. The third-order valence-corrected chi connectivity index (χ3v) is 4.66. The van der Waals surface area contributed by atoms with E-state index in [4.69, 9.17) is 10.5 Å². The van der Waals surface area contributed by atoms with Crippen LogP contribution in [0.3, 0.4) is 0 Å². The highest BCUT2D eigenvalue weighted by Gasteiger charge is 2.24. The number of amides is 1. The number of ether oxygens (including phenoxy) is 1. The second kappa shape index (κ2) is 5.58. The van der Waals surface area contributed by atoms with E-state index in [0.29, 0.717) is 19.7 Å². The third-order valence-electron chi connectivity index (χ3n) is 2.97. The fourth-order valence-electron chi connectivity index (χ4n) is 1.84. The van der Waals surface area contributed by atoms with Crippen LogP contribution in [0.4, 0.5) is 4.79 Å². The number of nitrogens with zero attached hydrogens (tertiary/aromatic N) is 1. The predicted octanol–water partition coefficient (Wildman–Crippen LogP) is 0.371. The topological polar surface area (TPSA) is 89.7 Å². The summed E-state index contributed by atoms with van der Waals surface area (Å²) >= 11 is 0. The van der Waals surface area contributed by atoms with Gasteiger partial charge in [-0.2, -0.15) is 0 Å². The molecular weight excluding hydrogens is 268 g/mol. The first-order chi connectivity index (χ1) is 9.03. The van der Waals surface area contributed by atoms with E-state index in [9.17, 15) is 13.2 Å². The minimum atomic E-state index is -3.41. The Labute approximate surface area is 112 Å². The van der Waals surface area contributed by atoms with Crippen LogP contribution in [0, 0.1) is 0 Å². The monoisotopic (exact) mass is 284 g/mol. The maximum atomic E-state index is 12.1. The maximum Gasteiger partial charge on any atom is 0.409 e. The van der Waals surface area contributed by atoms with Crippen LogP contribution < -0.4 is 5.73 Å². The van der Waals surface area contributed by atoms with Crippen molar-refractivity contribution in [2.75, 3.05) is 25.4 Å². The molecule has 1 aliphatic rings. The summed E-state index contributed by atoms with van der Waals surface area (Å²) in [5, 5.41) is 0. The standard InChI is InChI=1S/C12H16N2O4S/c13-9-10-2-1-3-11(8-10)19(16,17)7-5-14-4-6-18-12(14)15/h1-3,8H,4-7,9,13H2. The van der Waals surface area contributed by atoms with Crippen LogP contribution in [-0.4, -0.2) is 44.9 Å². The van der Waals surface area contributed by atoms with E-state index >= 15 is 0 Å². The van der Waals surface area contributed by atoms with Crippen molar-refractivity contribution in [3.8, 4) is 0 Å². The van der Waals surface area contributed by atoms with Gasteiger partial charge in [0.1, 0.15) is 6.61 Å². The minimum absolute atomic E-state index is 0.115. The number of benzene rings is 1. The molecule has 7 heteroatoms. The second-order valence-electron chi connectivity index (χ2n) is 4.27. The van der Waals surface area contributed by atoms with Crippen molar-refractivity contribution < 1.29 is 17.9 Å². The summed E-state index contributed by atoms with van der Waals surface area (Å²) in [6, 6.07) is 6.55. The van der Waals surface area contributed by atoms with Crippen molar-refractivity contribution in [3.05, 3.63) is 29.8 Å². The van der Waals surface area contributed by atoms with E-state index < -0.39 is 15.9 Å². The smallest absolute Gasteiger partial charge is 0.409 e. The summed E-state index contributed by atoms with van der Waals surface area (Å²) < 4.78 is 29.0. The lowest BCUT2D eigenvalue weighted by Gasteiger charge is -2.12. The summed E-state index contributed by atoms with van der Waals surface area (Å²) in [5.74, 6) is -0.115. The molecule has 0 aromatic heterocycles. The van der Waals surface area contributed by atoms with Gasteiger partial charge in [-0.05, 0) is 17.7 Å². The molecule has 1 aromatic rings. The van der Waals surface area contributed by atoms with Gasteiger partial charge in [-0.25, -0.2) is 13.2 Å². The zero-order valence-corrected chi connectivity index (χ0v) is 11.2. The van der Waals surface area contributed by atoms with Crippen LogP contribution in [0.15, 0.2) is 29.2 Å². The molecule has 0 saturated carbocycles. The molecule has 1 aliphatic heterocycles. The van der Waals surface area contributed by atoms with E-state index in [1.165, 1.54) is 11.0 Å². The lowest BCUT2D eigenvalue weighted by molar-refractivity contribution is 0.160. The first kappa shape index (κ1) is 13.8. The third kappa shape index (κ3) is 3.24. The highest BCUT2D eigenvalue weighted by Crippen LogP contribution is 2.14. The van der Waals surface area contributed by atoms with Gasteiger partial charge in [-0.3, -0.25) is 0 Å². The zero-order valence-electron chi connectivity index (χ0n) is 10.4. The molecule has 1 saturated heterocycles. The summed E-state index contributed by atoms with van der Waals surface area (Å²) in [4.78, 5) is 12.9. The van der Waals surface area contributed by atoms with Crippen LogP contribution in [-0.2, 0) is 21.1 Å². The number of nitrogens with two attached hydrogens (primary N) is 1. The molecule has 2 rings (SSSR count). The Morgan fingerprint density at radius 1 is 1.37 bits per heavy atom. The Morgan fingerprint density at radius 3 is 2.79 bits per heavy atom. The number of hydrogen-bond acceptors (Lipinski definition) is 5. The predicted molar refractivity (Wildman–Crippen MR) is 69.3 cm³/mol. The first-order valence-corrected chi connectivity index (χ1v) is 7.61. The fourth-order valence-corrected chi connectivity index (χ4v) is 3.16. The van der Waals surface area contributed by atoms with Gasteiger partial charge in [-0.15, -0.1) is 0 Å². The number of hydrogen-bond donors (Lipinski definition) is 1. The van der Waals surface area contributed by atoms with E-state index in [1.54, 1.807) is 18.2 Å². The number of carbonyl (C=O) groups is 1. The van der Waals surface area contributed by atoms with E-state index in [-0.39, 0.29) is 17.2 Å². The Morgan fingerprint density at radius 2 is 2.16 bits per heavy atom. The number of cyclic esters (lactones) is 1. The van der Waals surface area contributed by atoms with Gasteiger partial charge in [0.2, 0.25) is 0 Å². The molecule has 0 atom stereocenters. The lowest BCUT2D eigenvalue weighted by Crippen LogP contribution is -2.30. The van der Waals surface area contributed by atoms with Crippen LogP contribution in [0.2, 0.25) is 0 Å². The Hall–Kier alpha value is -1.60. The van der Waals surface area contributed by atoms with Crippen LogP contribution in [0.25, 0.3) is 0 Å². The molecule has 0 aliphatic carbocycles. The minimum Gasteiger partial charge on any atom is -0.448 e. The molecule has 104 valence electrons. The van der Waals surface area contributed by atoms with Gasteiger partial charge >= 0.3 is 6.09 Å². The first-order valence-electron chi connectivity index (χ1n) is 5.96. The van der Waals surface area contributed by atoms with E-state index in [1.807, 2.05) is 0 Å². The molecular formula is C12H16N2O4S. The molecule has 19 heavy (non-hydrogen) atoms. The van der Waals surface area contributed by atoms with Crippen molar-refractivity contribution in [3.63, 3.8) is 0 Å². The highest BCUT2D eigenvalue weighted by molar-refractivity contribution is 7.91. The van der Waals surface area contributed by atoms with Gasteiger partial charge in [0, 0.05) is 13.1 Å². The summed E-state index contributed by atoms with van der Waals surface area (Å²) in [5.41, 5.74) is 6.25. The van der Waals surface area contributed by atoms with Gasteiger partial charge in [0.15, 0.2) is 9.84 Å². The van der Waals surface area contributed by atoms with Gasteiger partial charge in [-0.1, -0.05) is 12.1 Å². The SMILES string of the molecule is NCc1cccc(S(=O)(=O)CCN2CCOC2=O)c1. The quantitative estimate of drug-likeness (QED) is 0.843. The number of carbonyl (C=O) groups excluding carboxylic acids is 1. The maximum absolute atomic E-state index is 12.1. The van der Waals surface area contributed by atoms with Crippen LogP contribution in [0.1, 0.15) is 5.56 Å². The van der Waals surface area contributed by atoms with E-state index in [2.05, 4.69) is 0 Å². The number of rotatable bonds is 5. The Balaban J connectivity index is 2.07. The summed E-state index contributed by atoms with van der Waals surface area (Å²) in [6.45, 7) is 1.20. The molecule has 1 amide bonds. The molecule has 1 fully saturated rings. The van der Waals surface area contributed by atoms with Gasteiger partial charge in [0.25, 0.3) is 0 Å². The fraction of sp³-hybridized carbons (Fsp3) is 0.417. The van der Waals surface area contributed by atoms with Gasteiger partial charge in [0.05, 0.1) is 17.2 Å². The molecule has 6 nitrogen and oxygen atoms in total. The lowest BCUT2D eigenvalue weighted by atomic mass is 10.2.